The van der Waals surface area contributed by atoms with Gasteiger partial charge in [0.1, 0.15) is 11.5 Å². The molecule has 21 heavy (non-hydrogen) atoms. The van der Waals surface area contributed by atoms with Crippen molar-refractivity contribution in [3.8, 4) is 5.75 Å². The van der Waals surface area contributed by atoms with Crippen LogP contribution in [-0.2, 0) is 5.75 Å². The van der Waals surface area contributed by atoms with E-state index < -0.39 is 0 Å². The number of hydrogen-bond donors (Lipinski definition) is 1. The smallest absolute Gasteiger partial charge is 0.119 e. The zero-order valence-corrected chi connectivity index (χ0v) is 13.5. The Labute approximate surface area is 131 Å². The lowest BCUT2D eigenvalue weighted by Gasteiger charge is -2.19. The van der Waals surface area contributed by atoms with Gasteiger partial charge in [-0.1, -0.05) is 19.1 Å². The number of benzene rings is 1. The van der Waals surface area contributed by atoms with Crippen molar-refractivity contribution in [2.24, 2.45) is 0 Å². The Bertz CT molecular complexity index is 513. The van der Waals surface area contributed by atoms with Crippen molar-refractivity contribution in [1.82, 2.24) is 5.32 Å². The van der Waals surface area contributed by atoms with Gasteiger partial charge in [-0.2, -0.15) is 11.8 Å². The van der Waals surface area contributed by atoms with Gasteiger partial charge >= 0.3 is 0 Å². The van der Waals surface area contributed by atoms with Crippen LogP contribution in [0.4, 0.5) is 0 Å². The number of thioether (sulfide) groups is 1. The third-order valence-corrected chi connectivity index (χ3v) is 4.30. The van der Waals surface area contributed by atoms with E-state index in [4.69, 9.17) is 9.15 Å². The Hall–Kier alpha value is -1.39. The maximum atomic E-state index is 5.38. The lowest BCUT2D eigenvalue weighted by molar-refractivity contribution is 0.413. The molecule has 0 radical (unpaired) electrons. The summed E-state index contributed by atoms with van der Waals surface area (Å²) in [7, 11) is 1.71. The molecule has 0 spiro atoms. The topological polar surface area (TPSA) is 34.4 Å². The van der Waals surface area contributed by atoms with Gasteiger partial charge in [-0.05, 0) is 42.8 Å². The largest absolute Gasteiger partial charge is 0.497 e. The predicted octanol–water partition coefficient (Wildman–Crippen LogP) is 4.26. The minimum absolute atomic E-state index is 0.333. The fourth-order valence-corrected chi connectivity index (χ4v) is 3.15. The first kappa shape index (κ1) is 16.0. The summed E-state index contributed by atoms with van der Waals surface area (Å²) < 4.78 is 10.7. The summed E-state index contributed by atoms with van der Waals surface area (Å²) in [5, 5.41) is 3.61. The zero-order valence-electron chi connectivity index (χ0n) is 12.7. The van der Waals surface area contributed by atoms with Crippen LogP contribution in [0.3, 0.4) is 0 Å². The van der Waals surface area contributed by atoms with E-state index in [-0.39, 0.29) is 0 Å². The van der Waals surface area contributed by atoms with Crippen LogP contribution in [0.1, 0.15) is 30.7 Å². The fourth-order valence-electron chi connectivity index (χ4n) is 2.12. The molecule has 0 aliphatic heterocycles. The molecule has 0 amide bonds. The Morgan fingerprint density at radius 2 is 2.19 bits per heavy atom. The predicted molar refractivity (Wildman–Crippen MR) is 88.9 cm³/mol. The Balaban J connectivity index is 1.95. The van der Waals surface area contributed by atoms with Gasteiger partial charge in [-0.3, -0.25) is 0 Å². The first-order chi connectivity index (χ1) is 10.3. The van der Waals surface area contributed by atoms with Crippen molar-refractivity contribution in [3.63, 3.8) is 0 Å². The second-order valence-corrected chi connectivity index (χ2v) is 5.91. The second kappa shape index (κ2) is 8.80. The molecule has 1 aromatic carbocycles. The van der Waals surface area contributed by atoms with Crippen LogP contribution in [0.5, 0.6) is 5.75 Å². The summed E-state index contributed by atoms with van der Waals surface area (Å²) in [4.78, 5) is 0. The average molecular weight is 305 g/mol. The van der Waals surface area contributed by atoms with Gasteiger partial charge in [0.25, 0.3) is 0 Å². The maximum absolute atomic E-state index is 5.38. The number of nitrogens with one attached hydrogen (secondary N) is 1. The van der Waals surface area contributed by atoms with Crippen LogP contribution in [0.15, 0.2) is 47.1 Å². The van der Waals surface area contributed by atoms with Crippen molar-refractivity contribution < 1.29 is 9.15 Å². The van der Waals surface area contributed by atoms with Gasteiger partial charge in [0.2, 0.25) is 0 Å². The normalized spacial score (nSPS) is 12.3. The molecule has 1 aromatic heterocycles. The molecule has 0 aliphatic carbocycles. The standard InChI is InChI=1S/C17H23NO2S/c1-3-9-18-17(13-21-12-16-8-5-10-20-16)14-6-4-7-15(11-14)19-2/h4-8,10-11,17-18H,3,9,12-13H2,1-2H3. The Morgan fingerprint density at radius 1 is 1.29 bits per heavy atom. The van der Waals surface area contributed by atoms with Crippen LogP contribution >= 0.6 is 11.8 Å². The number of hydrogen-bond acceptors (Lipinski definition) is 4. The van der Waals surface area contributed by atoms with Crippen LogP contribution in [0.25, 0.3) is 0 Å². The van der Waals surface area contributed by atoms with Crippen LogP contribution < -0.4 is 10.1 Å². The quantitative estimate of drug-likeness (QED) is 0.750. The molecule has 1 heterocycles. The monoisotopic (exact) mass is 305 g/mol. The lowest BCUT2D eigenvalue weighted by atomic mass is 10.1. The zero-order chi connectivity index (χ0) is 14.9. The average Bonchev–Trinajstić information content (AvgIpc) is 3.04. The van der Waals surface area contributed by atoms with Crippen molar-refractivity contribution >= 4 is 11.8 Å². The number of rotatable bonds is 9. The molecule has 0 saturated heterocycles. The van der Waals surface area contributed by atoms with Gasteiger partial charge in [-0.15, -0.1) is 0 Å². The third kappa shape index (κ3) is 5.14. The summed E-state index contributed by atoms with van der Waals surface area (Å²) in [5.74, 6) is 3.85. The maximum Gasteiger partial charge on any atom is 0.119 e. The first-order valence-corrected chi connectivity index (χ1v) is 8.46. The van der Waals surface area contributed by atoms with E-state index in [2.05, 4.69) is 24.4 Å². The molecule has 114 valence electrons. The van der Waals surface area contributed by atoms with Crippen molar-refractivity contribution in [3.05, 3.63) is 54.0 Å². The molecule has 0 fully saturated rings. The van der Waals surface area contributed by atoms with Crippen LogP contribution in [-0.4, -0.2) is 19.4 Å². The van der Waals surface area contributed by atoms with E-state index in [1.165, 1.54) is 5.56 Å². The highest BCUT2D eigenvalue weighted by Crippen LogP contribution is 2.24. The van der Waals surface area contributed by atoms with Gasteiger partial charge in [0, 0.05) is 11.8 Å². The van der Waals surface area contributed by atoms with E-state index in [9.17, 15) is 0 Å². The molecular formula is C17H23NO2S. The van der Waals surface area contributed by atoms with Crippen LogP contribution in [0, 0.1) is 0 Å². The number of ether oxygens (including phenoxy) is 1. The van der Waals surface area contributed by atoms with Crippen molar-refractivity contribution in [2.75, 3.05) is 19.4 Å². The molecule has 1 unspecified atom stereocenters. The highest BCUT2D eigenvalue weighted by molar-refractivity contribution is 7.98. The van der Waals surface area contributed by atoms with E-state index in [0.29, 0.717) is 6.04 Å². The highest BCUT2D eigenvalue weighted by atomic mass is 32.2. The molecule has 0 saturated carbocycles. The van der Waals surface area contributed by atoms with E-state index in [1.54, 1.807) is 13.4 Å². The SMILES string of the molecule is CCCNC(CSCc1ccco1)c1cccc(OC)c1. The lowest BCUT2D eigenvalue weighted by Crippen LogP contribution is -2.24. The third-order valence-electron chi connectivity index (χ3n) is 3.25. The molecule has 2 aromatic rings. The van der Waals surface area contributed by atoms with Gasteiger partial charge in [0.05, 0.1) is 19.1 Å². The summed E-state index contributed by atoms with van der Waals surface area (Å²) in [6.45, 7) is 3.20. The minimum Gasteiger partial charge on any atom is -0.497 e. The molecule has 0 aliphatic rings. The summed E-state index contributed by atoms with van der Waals surface area (Å²) in [5.41, 5.74) is 1.27. The van der Waals surface area contributed by atoms with E-state index >= 15 is 0 Å². The van der Waals surface area contributed by atoms with Gasteiger partial charge < -0.3 is 14.5 Å². The van der Waals surface area contributed by atoms with Crippen molar-refractivity contribution in [2.45, 2.75) is 25.1 Å². The second-order valence-electron chi connectivity index (χ2n) is 4.88. The van der Waals surface area contributed by atoms with Crippen molar-refractivity contribution in [1.29, 1.82) is 0 Å². The Kier molecular flexibility index (Phi) is 6.70. The molecule has 4 heteroatoms. The molecule has 2 rings (SSSR count). The van der Waals surface area contributed by atoms with Crippen LogP contribution in [0.2, 0.25) is 0 Å². The van der Waals surface area contributed by atoms with E-state index in [1.807, 2.05) is 36.0 Å². The number of methoxy groups -OCH3 is 1. The minimum atomic E-state index is 0.333. The molecule has 0 bridgehead atoms. The number of furan rings is 1. The van der Waals surface area contributed by atoms with Gasteiger partial charge in [0.15, 0.2) is 0 Å². The molecule has 1 N–H and O–H groups in total. The summed E-state index contributed by atoms with van der Waals surface area (Å²) in [6.07, 6.45) is 2.86. The summed E-state index contributed by atoms with van der Waals surface area (Å²) in [6, 6.07) is 12.6. The highest BCUT2D eigenvalue weighted by Gasteiger charge is 2.12. The first-order valence-electron chi connectivity index (χ1n) is 7.31. The van der Waals surface area contributed by atoms with E-state index in [0.717, 1.165) is 36.0 Å². The summed E-state index contributed by atoms with van der Waals surface area (Å²) >= 11 is 1.88. The van der Waals surface area contributed by atoms with Gasteiger partial charge in [-0.25, -0.2) is 0 Å². The fraction of sp³-hybridized carbons (Fsp3) is 0.412. The molecule has 1 atom stereocenters. The Morgan fingerprint density at radius 3 is 2.90 bits per heavy atom. The molecule has 3 nitrogen and oxygen atoms in total. The molecular weight excluding hydrogens is 282 g/mol.